The molecule has 1 amide bonds. The van der Waals surface area contributed by atoms with Gasteiger partial charge in [-0.15, -0.1) is 0 Å². The summed E-state index contributed by atoms with van der Waals surface area (Å²) < 4.78 is 0. The molecule has 19 heavy (non-hydrogen) atoms. The molecule has 1 aromatic heterocycles. The number of carbonyl (C=O) groups excluding carboxylic acids is 1. The fourth-order valence-electron chi connectivity index (χ4n) is 2.69. The predicted octanol–water partition coefficient (Wildman–Crippen LogP) is 1.77. The maximum Gasteiger partial charge on any atom is 0.229 e. The Bertz CT molecular complexity index is 419. The second-order valence-corrected chi connectivity index (χ2v) is 5.55. The highest BCUT2D eigenvalue weighted by Crippen LogP contribution is 2.23. The Morgan fingerprint density at radius 1 is 1.53 bits per heavy atom. The van der Waals surface area contributed by atoms with Crippen molar-refractivity contribution >= 4 is 5.91 Å². The Kier molecular flexibility index (Phi) is 4.53. The molecule has 0 spiro atoms. The first kappa shape index (κ1) is 14.0. The lowest BCUT2D eigenvalue weighted by Gasteiger charge is -2.36. The van der Waals surface area contributed by atoms with Crippen molar-refractivity contribution in [3.05, 3.63) is 30.1 Å². The van der Waals surface area contributed by atoms with Gasteiger partial charge in [0.15, 0.2) is 0 Å². The SMILES string of the molecule is CC(C(=O)N1CCCC(C(C)N)C1)c1cccnc1. The van der Waals surface area contributed by atoms with E-state index in [1.807, 2.05) is 30.9 Å². The molecule has 0 aromatic carbocycles. The van der Waals surface area contributed by atoms with Crippen molar-refractivity contribution in [1.82, 2.24) is 9.88 Å². The van der Waals surface area contributed by atoms with Crippen molar-refractivity contribution in [3.63, 3.8) is 0 Å². The first-order valence-corrected chi connectivity index (χ1v) is 7.04. The standard InChI is InChI=1S/C15H23N3O/c1-11(13-5-3-7-17-9-13)15(19)18-8-4-6-14(10-18)12(2)16/h3,5,7,9,11-12,14H,4,6,8,10,16H2,1-2H3. The highest BCUT2D eigenvalue weighted by molar-refractivity contribution is 5.83. The zero-order valence-electron chi connectivity index (χ0n) is 11.7. The first-order chi connectivity index (χ1) is 9.09. The lowest BCUT2D eigenvalue weighted by Crippen LogP contribution is -2.46. The number of aromatic nitrogens is 1. The number of hydrogen-bond donors (Lipinski definition) is 1. The van der Waals surface area contributed by atoms with Gasteiger partial charge in [-0.25, -0.2) is 0 Å². The number of amides is 1. The van der Waals surface area contributed by atoms with Crippen LogP contribution in [0, 0.1) is 5.92 Å². The van der Waals surface area contributed by atoms with E-state index in [-0.39, 0.29) is 17.9 Å². The van der Waals surface area contributed by atoms with E-state index in [1.54, 1.807) is 12.4 Å². The van der Waals surface area contributed by atoms with E-state index >= 15 is 0 Å². The Labute approximate surface area is 115 Å². The molecule has 1 saturated heterocycles. The monoisotopic (exact) mass is 261 g/mol. The molecule has 1 aliphatic rings. The Balaban J connectivity index is 2.03. The second kappa shape index (κ2) is 6.15. The van der Waals surface area contributed by atoms with E-state index in [2.05, 4.69) is 4.98 Å². The summed E-state index contributed by atoms with van der Waals surface area (Å²) in [6, 6.07) is 3.99. The fourth-order valence-corrected chi connectivity index (χ4v) is 2.69. The van der Waals surface area contributed by atoms with E-state index in [0.29, 0.717) is 5.92 Å². The van der Waals surface area contributed by atoms with Crippen LogP contribution in [0.4, 0.5) is 0 Å². The molecule has 1 aliphatic heterocycles. The average Bonchev–Trinajstić information content (AvgIpc) is 2.46. The third-order valence-electron chi connectivity index (χ3n) is 4.07. The van der Waals surface area contributed by atoms with E-state index in [4.69, 9.17) is 5.73 Å². The number of pyridine rings is 1. The van der Waals surface area contributed by atoms with E-state index in [0.717, 1.165) is 31.5 Å². The molecule has 0 aliphatic carbocycles. The molecule has 1 aromatic rings. The number of piperidine rings is 1. The lowest BCUT2D eigenvalue weighted by atomic mass is 9.91. The van der Waals surface area contributed by atoms with Crippen LogP contribution in [0.25, 0.3) is 0 Å². The molecule has 2 N–H and O–H groups in total. The van der Waals surface area contributed by atoms with Crippen molar-refractivity contribution in [1.29, 1.82) is 0 Å². The third-order valence-corrected chi connectivity index (χ3v) is 4.07. The fraction of sp³-hybridized carbons (Fsp3) is 0.600. The third kappa shape index (κ3) is 3.32. The summed E-state index contributed by atoms with van der Waals surface area (Å²) in [5, 5.41) is 0. The average molecular weight is 261 g/mol. The van der Waals surface area contributed by atoms with Gasteiger partial charge in [-0.1, -0.05) is 6.07 Å². The van der Waals surface area contributed by atoms with Gasteiger partial charge in [0.25, 0.3) is 0 Å². The van der Waals surface area contributed by atoms with E-state index in [9.17, 15) is 4.79 Å². The number of hydrogen-bond acceptors (Lipinski definition) is 3. The van der Waals surface area contributed by atoms with Crippen LogP contribution in [0.5, 0.6) is 0 Å². The van der Waals surface area contributed by atoms with Gasteiger partial charge in [0.2, 0.25) is 5.91 Å². The minimum absolute atomic E-state index is 0.125. The smallest absolute Gasteiger partial charge is 0.229 e. The van der Waals surface area contributed by atoms with Crippen LogP contribution in [-0.4, -0.2) is 34.9 Å². The molecule has 4 nitrogen and oxygen atoms in total. The first-order valence-electron chi connectivity index (χ1n) is 7.04. The highest BCUT2D eigenvalue weighted by Gasteiger charge is 2.28. The predicted molar refractivity (Wildman–Crippen MR) is 75.6 cm³/mol. The summed E-state index contributed by atoms with van der Waals surface area (Å²) in [5.74, 6) is 0.498. The maximum atomic E-state index is 12.5. The molecule has 104 valence electrons. The number of nitrogens with two attached hydrogens (primary N) is 1. The van der Waals surface area contributed by atoms with Crippen LogP contribution in [0.3, 0.4) is 0 Å². The summed E-state index contributed by atoms with van der Waals surface area (Å²) in [6.07, 6.45) is 5.68. The summed E-state index contributed by atoms with van der Waals surface area (Å²) in [4.78, 5) is 18.6. The van der Waals surface area contributed by atoms with Crippen LogP contribution >= 0.6 is 0 Å². The van der Waals surface area contributed by atoms with E-state index < -0.39 is 0 Å². The van der Waals surface area contributed by atoms with Crippen LogP contribution in [-0.2, 0) is 4.79 Å². The Hall–Kier alpha value is -1.42. The van der Waals surface area contributed by atoms with Crippen LogP contribution in [0.15, 0.2) is 24.5 Å². The van der Waals surface area contributed by atoms with Gasteiger partial charge in [-0.2, -0.15) is 0 Å². The number of nitrogens with zero attached hydrogens (tertiary/aromatic N) is 2. The van der Waals surface area contributed by atoms with Gasteiger partial charge in [-0.3, -0.25) is 9.78 Å². The molecule has 3 atom stereocenters. The molecule has 2 heterocycles. The van der Waals surface area contributed by atoms with Gasteiger partial charge in [0.05, 0.1) is 5.92 Å². The molecule has 4 heteroatoms. The summed E-state index contributed by atoms with van der Waals surface area (Å²) in [7, 11) is 0. The van der Waals surface area contributed by atoms with Crippen molar-refractivity contribution < 1.29 is 4.79 Å². The molecular formula is C15H23N3O. The van der Waals surface area contributed by atoms with Crippen molar-refractivity contribution in [2.24, 2.45) is 11.7 Å². The molecular weight excluding hydrogens is 238 g/mol. The summed E-state index contributed by atoms with van der Waals surface area (Å²) in [6.45, 7) is 5.63. The highest BCUT2D eigenvalue weighted by atomic mass is 16.2. The van der Waals surface area contributed by atoms with Crippen LogP contribution < -0.4 is 5.73 Å². The van der Waals surface area contributed by atoms with Gasteiger partial charge < -0.3 is 10.6 Å². The molecule has 2 rings (SSSR count). The topological polar surface area (TPSA) is 59.2 Å². The summed E-state index contributed by atoms with van der Waals surface area (Å²) >= 11 is 0. The second-order valence-electron chi connectivity index (χ2n) is 5.55. The zero-order chi connectivity index (χ0) is 13.8. The largest absolute Gasteiger partial charge is 0.342 e. The Morgan fingerprint density at radius 2 is 2.32 bits per heavy atom. The Morgan fingerprint density at radius 3 is 2.95 bits per heavy atom. The number of rotatable bonds is 3. The quantitative estimate of drug-likeness (QED) is 0.902. The van der Waals surface area contributed by atoms with Crippen LogP contribution in [0.1, 0.15) is 38.2 Å². The number of carbonyl (C=O) groups is 1. The summed E-state index contributed by atoms with van der Waals surface area (Å²) in [5.41, 5.74) is 6.95. The molecule has 1 fully saturated rings. The van der Waals surface area contributed by atoms with Gasteiger partial charge in [-0.05, 0) is 44.2 Å². The minimum atomic E-state index is -0.125. The minimum Gasteiger partial charge on any atom is -0.342 e. The van der Waals surface area contributed by atoms with Gasteiger partial charge in [0.1, 0.15) is 0 Å². The lowest BCUT2D eigenvalue weighted by molar-refractivity contribution is -0.134. The number of likely N-dealkylation sites (tertiary alicyclic amines) is 1. The molecule has 0 radical (unpaired) electrons. The normalized spacial score (nSPS) is 22.9. The van der Waals surface area contributed by atoms with Crippen LogP contribution in [0.2, 0.25) is 0 Å². The van der Waals surface area contributed by atoms with E-state index in [1.165, 1.54) is 0 Å². The van der Waals surface area contributed by atoms with Crippen molar-refractivity contribution in [2.45, 2.75) is 38.6 Å². The van der Waals surface area contributed by atoms with Crippen molar-refractivity contribution in [2.75, 3.05) is 13.1 Å². The van der Waals surface area contributed by atoms with Crippen molar-refractivity contribution in [3.8, 4) is 0 Å². The van der Waals surface area contributed by atoms with Gasteiger partial charge >= 0.3 is 0 Å². The molecule has 3 unspecified atom stereocenters. The zero-order valence-corrected chi connectivity index (χ0v) is 11.7. The molecule has 0 saturated carbocycles. The maximum absolute atomic E-state index is 12.5. The molecule has 0 bridgehead atoms. The van der Waals surface area contributed by atoms with Gasteiger partial charge in [0, 0.05) is 31.5 Å².